The van der Waals surface area contributed by atoms with Gasteiger partial charge in [-0.25, -0.2) is 0 Å². The first-order chi connectivity index (χ1) is 19.6. The van der Waals surface area contributed by atoms with Crippen LogP contribution in [-0.2, 0) is 0 Å². The summed E-state index contributed by atoms with van der Waals surface area (Å²) in [4.78, 5) is 0. The van der Waals surface area contributed by atoms with Crippen molar-refractivity contribution in [3.05, 3.63) is 0 Å². The van der Waals surface area contributed by atoms with Crippen molar-refractivity contribution in [2.24, 2.45) is 0 Å². The molecule has 0 aromatic rings. The fraction of sp³-hybridized carbons (Fsp3) is 1.00. The fourth-order valence-electron chi connectivity index (χ4n) is 6.64. The summed E-state index contributed by atoms with van der Waals surface area (Å²) in [5.41, 5.74) is 0. The normalized spacial score (nSPS) is 12.8. The lowest BCUT2D eigenvalue weighted by Crippen LogP contribution is -2.56. The highest BCUT2D eigenvalue weighted by Gasteiger charge is 2.31. The quantitative estimate of drug-likeness (QED) is 0.0466. The van der Waals surface area contributed by atoms with Crippen LogP contribution in [-0.4, -0.2) is 35.5 Å². The first-order valence-electron chi connectivity index (χ1n) is 19.2. The number of rotatable bonds is 34. The minimum atomic E-state index is -0.212. The Hall–Kier alpha value is -0.0800. The molecular formula is C38H80NO+. The topological polar surface area (TPSA) is 20.2 Å². The van der Waals surface area contributed by atoms with Crippen LogP contribution in [0.5, 0.6) is 0 Å². The number of aliphatic hydroxyl groups is 1. The first-order valence-corrected chi connectivity index (χ1v) is 19.2. The van der Waals surface area contributed by atoms with E-state index in [9.17, 15) is 5.11 Å². The average molecular weight is 567 g/mol. The molecule has 0 rings (SSSR count). The van der Waals surface area contributed by atoms with Gasteiger partial charge < -0.3 is 5.11 Å². The third-order valence-corrected chi connectivity index (χ3v) is 9.66. The Morgan fingerprint density at radius 3 is 0.675 bits per heavy atom. The van der Waals surface area contributed by atoms with Gasteiger partial charge in [-0.15, -0.1) is 0 Å². The molecule has 0 aliphatic carbocycles. The predicted molar refractivity (Wildman–Crippen MR) is 182 cm³/mol. The zero-order valence-electron chi connectivity index (χ0n) is 28.8. The van der Waals surface area contributed by atoms with Gasteiger partial charge in [-0.3, -0.25) is 4.48 Å². The van der Waals surface area contributed by atoms with Gasteiger partial charge in [0.15, 0.2) is 6.23 Å². The average Bonchev–Trinajstić information content (AvgIpc) is 2.95. The van der Waals surface area contributed by atoms with Crippen LogP contribution in [0.2, 0.25) is 0 Å². The van der Waals surface area contributed by atoms with Gasteiger partial charge in [0.05, 0.1) is 19.6 Å². The third kappa shape index (κ3) is 25.6. The van der Waals surface area contributed by atoms with E-state index in [0.717, 1.165) is 4.48 Å². The Labute approximate surface area is 255 Å². The van der Waals surface area contributed by atoms with Crippen molar-refractivity contribution in [1.29, 1.82) is 0 Å². The molecule has 40 heavy (non-hydrogen) atoms. The van der Waals surface area contributed by atoms with Gasteiger partial charge in [0, 0.05) is 6.92 Å². The monoisotopic (exact) mass is 567 g/mol. The molecule has 0 fully saturated rings. The molecule has 0 amide bonds. The van der Waals surface area contributed by atoms with Gasteiger partial charge in [0.1, 0.15) is 0 Å². The lowest BCUT2D eigenvalue weighted by molar-refractivity contribution is -0.969. The molecule has 0 spiro atoms. The molecule has 2 heteroatoms. The SMILES string of the molecule is CCCCCCCCCCCC[N+](CCCCCCCCCCCC)(CCCCCCCCCCCC)C(C)O. The van der Waals surface area contributed by atoms with E-state index < -0.39 is 0 Å². The second-order valence-electron chi connectivity index (χ2n) is 13.6. The molecule has 0 aliphatic heterocycles. The molecule has 2 nitrogen and oxygen atoms in total. The van der Waals surface area contributed by atoms with Crippen molar-refractivity contribution in [2.75, 3.05) is 19.6 Å². The first kappa shape index (κ1) is 39.9. The van der Waals surface area contributed by atoms with Gasteiger partial charge in [-0.05, 0) is 38.5 Å². The molecule has 1 unspecified atom stereocenters. The molecule has 1 N–H and O–H groups in total. The number of nitrogens with zero attached hydrogens (tertiary/aromatic N) is 1. The predicted octanol–water partition coefficient (Wildman–Crippen LogP) is 12.9. The maximum atomic E-state index is 11.1. The lowest BCUT2D eigenvalue weighted by atomic mass is 10.0. The van der Waals surface area contributed by atoms with Crippen LogP contribution in [0.25, 0.3) is 0 Å². The maximum Gasteiger partial charge on any atom is 0.187 e. The molecule has 0 saturated heterocycles. The summed E-state index contributed by atoms with van der Waals surface area (Å²) in [6.07, 6.45) is 41.7. The van der Waals surface area contributed by atoms with E-state index in [-0.39, 0.29) is 6.23 Å². The summed E-state index contributed by atoms with van der Waals surface area (Å²) in [6, 6.07) is 0. The summed E-state index contributed by atoms with van der Waals surface area (Å²) in [7, 11) is 0. The van der Waals surface area contributed by atoms with Crippen LogP contribution >= 0.6 is 0 Å². The van der Waals surface area contributed by atoms with Crippen LogP contribution in [0.15, 0.2) is 0 Å². The van der Waals surface area contributed by atoms with Crippen LogP contribution in [0.1, 0.15) is 220 Å². The Balaban J connectivity index is 4.38. The molecule has 0 aliphatic rings. The molecule has 0 aromatic heterocycles. The maximum absolute atomic E-state index is 11.1. The Kier molecular flexibility index (Phi) is 31.8. The summed E-state index contributed by atoms with van der Waals surface area (Å²) < 4.78 is 0.977. The van der Waals surface area contributed by atoms with Gasteiger partial charge >= 0.3 is 0 Å². The highest BCUT2D eigenvalue weighted by Crippen LogP contribution is 2.22. The molecule has 1 atom stereocenters. The summed E-state index contributed by atoms with van der Waals surface area (Å²) in [5, 5.41) is 11.1. The zero-order chi connectivity index (χ0) is 29.4. The van der Waals surface area contributed by atoms with E-state index in [1.165, 1.54) is 212 Å². The highest BCUT2D eigenvalue weighted by atomic mass is 16.3. The van der Waals surface area contributed by atoms with Crippen LogP contribution in [0.4, 0.5) is 0 Å². The Morgan fingerprint density at radius 1 is 0.325 bits per heavy atom. The van der Waals surface area contributed by atoms with Crippen molar-refractivity contribution in [2.45, 2.75) is 227 Å². The fourth-order valence-corrected chi connectivity index (χ4v) is 6.64. The second kappa shape index (κ2) is 31.8. The van der Waals surface area contributed by atoms with E-state index in [1.807, 2.05) is 0 Å². The molecule has 0 saturated carbocycles. The van der Waals surface area contributed by atoms with Crippen LogP contribution in [0.3, 0.4) is 0 Å². The van der Waals surface area contributed by atoms with E-state index in [1.54, 1.807) is 0 Å². The van der Waals surface area contributed by atoms with Crippen molar-refractivity contribution in [3.63, 3.8) is 0 Å². The van der Waals surface area contributed by atoms with Gasteiger partial charge in [0.25, 0.3) is 0 Å². The van der Waals surface area contributed by atoms with Crippen molar-refractivity contribution >= 4 is 0 Å². The number of aliphatic hydroxyl groups excluding tert-OH is 1. The number of quaternary nitrogens is 1. The molecule has 0 heterocycles. The van der Waals surface area contributed by atoms with Gasteiger partial charge in [-0.2, -0.15) is 0 Å². The largest absolute Gasteiger partial charge is 0.345 e. The van der Waals surface area contributed by atoms with E-state index >= 15 is 0 Å². The summed E-state index contributed by atoms with van der Waals surface area (Å²) in [5.74, 6) is 0. The summed E-state index contributed by atoms with van der Waals surface area (Å²) in [6.45, 7) is 12.6. The highest BCUT2D eigenvalue weighted by molar-refractivity contribution is 4.55. The van der Waals surface area contributed by atoms with Crippen LogP contribution < -0.4 is 0 Å². The smallest absolute Gasteiger partial charge is 0.187 e. The summed E-state index contributed by atoms with van der Waals surface area (Å²) >= 11 is 0. The zero-order valence-corrected chi connectivity index (χ0v) is 28.8. The Bertz CT molecular complexity index is 403. The van der Waals surface area contributed by atoms with Crippen LogP contribution in [0, 0.1) is 0 Å². The van der Waals surface area contributed by atoms with E-state index in [4.69, 9.17) is 0 Å². The van der Waals surface area contributed by atoms with E-state index in [2.05, 4.69) is 27.7 Å². The molecule has 242 valence electrons. The standard InChI is InChI=1S/C38H80NO/c1-5-8-11-14-17-20-23-26-29-32-35-39(38(4)40,36-33-30-27-24-21-18-15-12-9-6-2)37-34-31-28-25-22-19-16-13-10-7-3/h38,40H,5-37H2,1-4H3/q+1. The number of hydrogen-bond acceptors (Lipinski definition) is 1. The molecule has 0 bridgehead atoms. The lowest BCUT2D eigenvalue weighted by Gasteiger charge is -2.41. The molecule has 0 radical (unpaired) electrons. The molecule has 0 aromatic carbocycles. The second-order valence-corrected chi connectivity index (χ2v) is 13.6. The number of hydrogen-bond donors (Lipinski definition) is 1. The Morgan fingerprint density at radius 2 is 0.500 bits per heavy atom. The van der Waals surface area contributed by atoms with Gasteiger partial charge in [0.2, 0.25) is 0 Å². The van der Waals surface area contributed by atoms with Crippen molar-refractivity contribution in [3.8, 4) is 0 Å². The van der Waals surface area contributed by atoms with Crippen molar-refractivity contribution < 1.29 is 9.59 Å². The minimum absolute atomic E-state index is 0.212. The third-order valence-electron chi connectivity index (χ3n) is 9.66. The van der Waals surface area contributed by atoms with Gasteiger partial charge in [-0.1, -0.05) is 175 Å². The van der Waals surface area contributed by atoms with Crippen molar-refractivity contribution in [1.82, 2.24) is 0 Å². The molecular weight excluding hydrogens is 486 g/mol. The minimum Gasteiger partial charge on any atom is -0.345 e. The number of unbranched alkanes of at least 4 members (excludes halogenated alkanes) is 27. The van der Waals surface area contributed by atoms with E-state index in [0.29, 0.717) is 0 Å².